The van der Waals surface area contributed by atoms with Gasteiger partial charge in [-0.05, 0) is 31.9 Å². The smallest absolute Gasteiger partial charge is 0.241 e. The maximum Gasteiger partial charge on any atom is 0.241 e. The van der Waals surface area contributed by atoms with E-state index in [1.807, 2.05) is 18.2 Å². The molecule has 2 N–H and O–H groups in total. The molecule has 1 aromatic rings. The second-order valence-corrected chi connectivity index (χ2v) is 6.57. The van der Waals surface area contributed by atoms with E-state index in [-0.39, 0.29) is 42.0 Å². The summed E-state index contributed by atoms with van der Waals surface area (Å²) in [4.78, 5) is 22.4. The maximum atomic E-state index is 12.2. The third kappa shape index (κ3) is 7.45. The Labute approximate surface area is 173 Å². The van der Waals surface area contributed by atoms with Crippen LogP contribution in [-0.2, 0) is 16.0 Å². The van der Waals surface area contributed by atoms with Crippen LogP contribution in [0.1, 0.15) is 25.5 Å². The van der Waals surface area contributed by atoms with Crippen LogP contribution in [0.4, 0.5) is 0 Å². The number of aromatic nitrogens is 1. The highest BCUT2D eigenvalue weighted by Gasteiger charge is 2.29. The van der Waals surface area contributed by atoms with Crippen LogP contribution in [0, 0.1) is 0 Å². The highest BCUT2D eigenvalue weighted by Crippen LogP contribution is 2.23. The summed E-state index contributed by atoms with van der Waals surface area (Å²) in [6.45, 7) is 4.42. The fourth-order valence-corrected chi connectivity index (χ4v) is 2.71. The molecule has 1 amide bonds. The van der Waals surface area contributed by atoms with Gasteiger partial charge in [-0.15, -0.1) is 24.0 Å². The highest BCUT2D eigenvalue weighted by atomic mass is 127. The van der Waals surface area contributed by atoms with Crippen LogP contribution in [0.15, 0.2) is 29.4 Å². The van der Waals surface area contributed by atoms with Crippen molar-refractivity contribution in [3.05, 3.63) is 30.1 Å². The lowest BCUT2D eigenvalue weighted by molar-refractivity contribution is -0.128. The Morgan fingerprint density at radius 3 is 2.85 bits per heavy atom. The largest absolute Gasteiger partial charge is 0.373 e. The van der Waals surface area contributed by atoms with Crippen molar-refractivity contribution in [2.24, 2.45) is 4.99 Å². The summed E-state index contributed by atoms with van der Waals surface area (Å²) in [6.07, 6.45) is 4.63. The summed E-state index contributed by atoms with van der Waals surface area (Å²) in [6, 6.07) is 5.81. The molecule has 26 heavy (non-hydrogen) atoms. The molecule has 0 bridgehead atoms. The van der Waals surface area contributed by atoms with Gasteiger partial charge < -0.3 is 20.3 Å². The number of ether oxygens (including phenoxy) is 1. The van der Waals surface area contributed by atoms with E-state index in [1.165, 1.54) is 0 Å². The number of guanidine groups is 1. The minimum Gasteiger partial charge on any atom is -0.373 e. The van der Waals surface area contributed by atoms with Crippen molar-refractivity contribution in [2.45, 2.75) is 31.8 Å². The quantitative estimate of drug-likeness (QED) is 0.355. The lowest BCUT2D eigenvalue weighted by Gasteiger charge is -2.25. The van der Waals surface area contributed by atoms with Crippen LogP contribution in [-0.4, -0.2) is 67.7 Å². The van der Waals surface area contributed by atoms with Crippen molar-refractivity contribution in [3.8, 4) is 0 Å². The second-order valence-electron chi connectivity index (χ2n) is 6.57. The lowest BCUT2D eigenvalue weighted by Crippen LogP contribution is -2.48. The first-order valence-electron chi connectivity index (χ1n) is 8.75. The van der Waals surface area contributed by atoms with Crippen molar-refractivity contribution in [2.75, 3.05) is 40.3 Å². The molecule has 0 saturated carbocycles. The predicted molar refractivity (Wildman–Crippen MR) is 114 cm³/mol. The molecule has 2 rings (SSSR count). The van der Waals surface area contributed by atoms with Gasteiger partial charge in [-0.3, -0.25) is 14.8 Å². The van der Waals surface area contributed by atoms with Crippen LogP contribution in [0.3, 0.4) is 0 Å². The topological polar surface area (TPSA) is 78.9 Å². The Morgan fingerprint density at radius 2 is 2.23 bits per heavy atom. The van der Waals surface area contributed by atoms with E-state index in [0.717, 1.165) is 31.6 Å². The van der Waals surface area contributed by atoms with E-state index < -0.39 is 0 Å². The minimum atomic E-state index is -0.152. The Kier molecular flexibility index (Phi) is 9.85. The number of nitrogens with zero attached hydrogens (tertiary/aromatic N) is 3. The van der Waals surface area contributed by atoms with E-state index in [4.69, 9.17) is 4.74 Å². The van der Waals surface area contributed by atoms with Crippen molar-refractivity contribution in [3.63, 3.8) is 0 Å². The Hall–Kier alpha value is -1.42. The number of halogens is 1. The fourth-order valence-electron chi connectivity index (χ4n) is 2.71. The molecular formula is C18H30IN5O2. The highest BCUT2D eigenvalue weighted by molar-refractivity contribution is 14.0. The van der Waals surface area contributed by atoms with Gasteiger partial charge in [0.2, 0.25) is 5.91 Å². The molecule has 1 saturated heterocycles. The summed E-state index contributed by atoms with van der Waals surface area (Å²) in [7, 11) is 3.50. The van der Waals surface area contributed by atoms with Crippen LogP contribution in [0.5, 0.6) is 0 Å². The van der Waals surface area contributed by atoms with E-state index in [2.05, 4.69) is 27.5 Å². The molecule has 1 aromatic heterocycles. The van der Waals surface area contributed by atoms with Gasteiger partial charge in [0.05, 0.1) is 12.1 Å². The predicted octanol–water partition coefficient (Wildman–Crippen LogP) is 1.43. The van der Waals surface area contributed by atoms with Gasteiger partial charge in [0.15, 0.2) is 5.96 Å². The molecular weight excluding hydrogens is 445 g/mol. The molecule has 8 heteroatoms. The van der Waals surface area contributed by atoms with Crippen molar-refractivity contribution in [1.29, 1.82) is 0 Å². The Morgan fingerprint density at radius 1 is 1.42 bits per heavy atom. The van der Waals surface area contributed by atoms with Gasteiger partial charge in [0.25, 0.3) is 0 Å². The van der Waals surface area contributed by atoms with Gasteiger partial charge >= 0.3 is 0 Å². The number of likely N-dealkylation sites (N-methyl/N-ethyl adjacent to an activating group) is 1. The van der Waals surface area contributed by atoms with E-state index in [1.54, 1.807) is 25.2 Å². The average Bonchev–Trinajstić information content (AvgIpc) is 3.07. The van der Waals surface area contributed by atoms with Gasteiger partial charge in [-0.1, -0.05) is 6.07 Å². The number of amides is 1. The summed E-state index contributed by atoms with van der Waals surface area (Å²) < 4.78 is 5.75. The van der Waals surface area contributed by atoms with Crippen molar-refractivity contribution in [1.82, 2.24) is 20.5 Å². The molecule has 0 aliphatic carbocycles. The zero-order valence-electron chi connectivity index (χ0n) is 15.8. The van der Waals surface area contributed by atoms with E-state index in [0.29, 0.717) is 19.0 Å². The molecule has 2 heterocycles. The first-order chi connectivity index (χ1) is 12.0. The Bertz CT molecular complexity index is 576. The van der Waals surface area contributed by atoms with Crippen LogP contribution < -0.4 is 10.6 Å². The van der Waals surface area contributed by atoms with Crippen LogP contribution in [0.2, 0.25) is 0 Å². The zero-order valence-corrected chi connectivity index (χ0v) is 18.2. The average molecular weight is 475 g/mol. The first-order valence-corrected chi connectivity index (χ1v) is 8.75. The van der Waals surface area contributed by atoms with Crippen molar-refractivity contribution >= 4 is 35.8 Å². The molecule has 0 radical (unpaired) electrons. The Balaban J connectivity index is 0.00000338. The first kappa shape index (κ1) is 22.6. The number of hydrogen-bond acceptors (Lipinski definition) is 4. The number of carbonyl (C=O) groups excluding carboxylic acids is 1. The van der Waals surface area contributed by atoms with Gasteiger partial charge in [-0.2, -0.15) is 0 Å². The van der Waals surface area contributed by atoms with E-state index in [9.17, 15) is 4.79 Å². The number of nitrogens with one attached hydrogen (secondary N) is 2. The van der Waals surface area contributed by atoms with Gasteiger partial charge in [0, 0.05) is 52.1 Å². The molecule has 1 unspecified atom stereocenters. The monoisotopic (exact) mass is 475 g/mol. The second kappa shape index (κ2) is 11.3. The lowest BCUT2D eigenvalue weighted by atomic mass is 10.0. The normalized spacial score (nSPS) is 19.6. The number of hydrogen-bond donors (Lipinski definition) is 2. The molecule has 1 aliphatic heterocycles. The standard InChI is InChI=1S/C18H29N5O2.HI/c1-18(9-6-12-25-18)14-22-17(19-2)21-13-16(24)23(3)11-8-15-7-4-5-10-20-15;/h4-5,7,10H,6,8-9,11-14H2,1-3H3,(H2,19,21,22);1H. The zero-order chi connectivity index (χ0) is 18.1. The molecule has 1 aliphatic rings. The summed E-state index contributed by atoms with van der Waals surface area (Å²) in [5.74, 6) is 0.630. The van der Waals surface area contributed by atoms with Gasteiger partial charge in [0.1, 0.15) is 0 Å². The minimum absolute atomic E-state index is 0. The molecule has 0 spiro atoms. The number of pyridine rings is 1. The van der Waals surface area contributed by atoms with Crippen molar-refractivity contribution < 1.29 is 9.53 Å². The van der Waals surface area contributed by atoms with E-state index >= 15 is 0 Å². The maximum absolute atomic E-state index is 12.2. The van der Waals surface area contributed by atoms with Crippen LogP contribution >= 0.6 is 24.0 Å². The third-order valence-corrected chi connectivity index (χ3v) is 4.42. The molecule has 146 valence electrons. The molecule has 1 fully saturated rings. The fraction of sp³-hybridized carbons (Fsp3) is 0.611. The summed E-state index contributed by atoms with van der Waals surface area (Å²) >= 11 is 0. The SMILES string of the molecule is CN=C(NCC(=O)N(C)CCc1ccccn1)NCC1(C)CCCO1.I. The summed E-state index contributed by atoms with van der Waals surface area (Å²) in [5.41, 5.74) is 0.832. The molecule has 7 nitrogen and oxygen atoms in total. The number of aliphatic imine (C=N–C) groups is 1. The van der Waals surface area contributed by atoms with Gasteiger partial charge in [-0.25, -0.2) is 0 Å². The molecule has 1 atom stereocenters. The molecule has 0 aromatic carbocycles. The number of rotatable bonds is 7. The number of carbonyl (C=O) groups is 1. The third-order valence-electron chi connectivity index (χ3n) is 4.42. The van der Waals surface area contributed by atoms with Crippen LogP contribution in [0.25, 0.3) is 0 Å². The summed E-state index contributed by atoms with van der Waals surface area (Å²) in [5, 5.41) is 6.30.